The summed E-state index contributed by atoms with van der Waals surface area (Å²) in [4.78, 5) is 18.4. The monoisotopic (exact) mass is 294 g/mol. The zero-order valence-corrected chi connectivity index (χ0v) is 13.0. The molecule has 114 valence electrons. The van der Waals surface area contributed by atoms with E-state index in [4.69, 9.17) is 0 Å². The quantitative estimate of drug-likeness (QED) is 0.860. The third-order valence-corrected chi connectivity index (χ3v) is 4.76. The van der Waals surface area contributed by atoms with E-state index < -0.39 is 0 Å². The van der Waals surface area contributed by atoms with E-state index in [0.29, 0.717) is 12.0 Å². The van der Waals surface area contributed by atoms with Crippen molar-refractivity contribution in [2.75, 3.05) is 7.05 Å². The van der Waals surface area contributed by atoms with E-state index >= 15 is 0 Å². The lowest BCUT2D eigenvalue weighted by Crippen LogP contribution is -2.39. The fourth-order valence-electron chi connectivity index (χ4n) is 3.39. The van der Waals surface area contributed by atoms with Gasteiger partial charge in [0.2, 0.25) is 0 Å². The zero-order chi connectivity index (χ0) is 15.4. The van der Waals surface area contributed by atoms with Crippen LogP contribution in [-0.2, 0) is 0 Å². The Balaban J connectivity index is 1.60. The topological polar surface area (TPSA) is 33.2 Å². The Morgan fingerprint density at radius 2 is 1.64 bits per heavy atom. The highest BCUT2D eigenvalue weighted by molar-refractivity contribution is 5.94. The third kappa shape index (κ3) is 3.19. The Morgan fingerprint density at radius 1 is 1.00 bits per heavy atom. The maximum atomic E-state index is 12.5. The van der Waals surface area contributed by atoms with Gasteiger partial charge in [-0.2, -0.15) is 0 Å². The molecular weight excluding hydrogens is 272 g/mol. The maximum Gasteiger partial charge on any atom is 0.253 e. The van der Waals surface area contributed by atoms with Crippen molar-refractivity contribution in [3.05, 3.63) is 66.0 Å². The molecule has 3 heteroatoms. The van der Waals surface area contributed by atoms with Crippen LogP contribution in [0.5, 0.6) is 0 Å². The Bertz CT molecular complexity index is 604. The number of pyridine rings is 1. The van der Waals surface area contributed by atoms with Gasteiger partial charge in [-0.15, -0.1) is 0 Å². The molecule has 1 heterocycles. The first-order valence-electron chi connectivity index (χ1n) is 7.98. The smallest absolute Gasteiger partial charge is 0.253 e. The van der Waals surface area contributed by atoms with Crippen LogP contribution in [0.2, 0.25) is 0 Å². The summed E-state index contributed by atoms with van der Waals surface area (Å²) < 4.78 is 0. The van der Waals surface area contributed by atoms with Crippen LogP contribution in [0.1, 0.15) is 47.5 Å². The summed E-state index contributed by atoms with van der Waals surface area (Å²) >= 11 is 0. The minimum atomic E-state index is 0.102. The number of hydrogen-bond acceptors (Lipinski definition) is 2. The molecule has 22 heavy (non-hydrogen) atoms. The van der Waals surface area contributed by atoms with E-state index in [1.807, 2.05) is 11.9 Å². The number of carbonyl (C=O) groups excluding carboxylic acids is 1. The lowest BCUT2D eigenvalue weighted by atomic mass is 9.81. The molecule has 0 saturated heterocycles. The molecule has 1 fully saturated rings. The van der Waals surface area contributed by atoms with Crippen LogP contribution < -0.4 is 0 Å². The molecule has 1 aromatic carbocycles. The molecule has 1 aliphatic carbocycles. The number of aromatic nitrogens is 1. The van der Waals surface area contributed by atoms with E-state index in [-0.39, 0.29) is 5.91 Å². The normalized spacial score (nSPS) is 21.3. The van der Waals surface area contributed by atoms with Crippen molar-refractivity contribution >= 4 is 5.91 Å². The lowest BCUT2D eigenvalue weighted by molar-refractivity contribution is 0.0689. The molecule has 0 bridgehead atoms. The molecule has 1 aliphatic rings. The summed E-state index contributed by atoms with van der Waals surface area (Å²) in [5, 5.41) is 0. The Hall–Kier alpha value is -2.16. The van der Waals surface area contributed by atoms with E-state index in [1.54, 1.807) is 24.5 Å². The van der Waals surface area contributed by atoms with Crippen molar-refractivity contribution in [2.24, 2.45) is 0 Å². The standard InChI is InChI=1S/C19H22N2O/c1-21(19(22)17-11-13-20-14-12-17)18-9-7-16(8-10-18)15-5-3-2-4-6-15/h2-6,11-14,16,18H,7-10H2,1H3. The molecule has 0 unspecified atom stereocenters. The van der Waals surface area contributed by atoms with Crippen LogP contribution >= 0.6 is 0 Å². The van der Waals surface area contributed by atoms with Crippen LogP contribution in [0.15, 0.2) is 54.9 Å². The molecular formula is C19H22N2O. The number of amides is 1. The number of nitrogens with zero attached hydrogens (tertiary/aromatic N) is 2. The summed E-state index contributed by atoms with van der Waals surface area (Å²) in [7, 11) is 1.93. The molecule has 0 N–H and O–H groups in total. The van der Waals surface area contributed by atoms with Crippen LogP contribution in [0, 0.1) is 0 Å². The van der Waals surface area contributed by atoms with Gasteiger partial charge in [0.1, 0.15) is 0 Å². The summed E-state index contributed by atoms with van der Waals surface area (Å²) in [6.45, 7) is 0. The molecule has 0 aliphatic heterocycles. The largest absolute Gasteiger partial charge is 0.339 e. The molecule has 0 spiro atoms. The fraction of sp³-hybridized carbons (Fsp3) is 0.368. The van der Waals surface area contributed by atoms with Gasteiger partial charge >= 0.3 is 0 Å². The Morgan fingerprint density at radius 3 is 2.27 bits per heavy atom. The van der Waals surface area contributed by atoms with Crippen LogP contribution in [0.3, 0.4) is 0 Å². The summed E-state index contributed by atoms with van der Waals surface area (Å²) in [5.41, 5.74) is 2.16. The molecule has 0 radical (unpaired) electrons. The second kappa shape index (κ2) is 6.73. The van der Waals surface area contributed by atoms with Gasteiger partial charge in [-0.25, -0.2) is 0 Å². The highest BCUT2D eigenvalue weighted by atomic mass is 16.2. The van der Waals surface area contributed by atoms with Gasteiger partial charge in [-0.1, -0.05) is 30.3 Å². The lowest BCUT2D eigenvalue weighted by Gasteiger charge is -2.35. The van der Waals surface area contributed by atoms with Crippen molar-refractivity contribution in [1.82, 2.24) is 9.88 Å². The van der Waals surface area contributed by atoms with Gasteiger partial charge in [0, 0.05) is 31.0 Å². The van der Waals surface area contributed by atoms with Crippen LogP contribution in [-0.4, -0.2) is 28.9 Å². The maximum absolute atomic E-state index is 12.5. The summed E-state index contributed by atoms with van der Waals surface area (Å²) in [6, 6.07) is 14.6. The van der Waals surface area contributed by atoms with Crippen molar-refractivity contribution in [3.8, 4) is 0 Å². The van der Waals surface area contributed by atoms with Gasteiger partial charge < -0.3 is 4.90 Å². The Labute approximate surface area is 132 Å². The number of rotatable bonds is 3. The SMILES string of the molecule is CN(C(=O)c1ccncc1)C1CCC(c2ccccc2)CC1. The zero-order valence-electron chi connectivity index (χ0n) is 13.0. The molecule has 1 saturated carbocycles. The van der Waals surface area contributed by atoms with E-state index in [1.165, 1.54) is 5.56 Å². The minimum Gasteiger partial charge on any atom is -0.339 e. The number of benzene rings is 1. The van der Waals surface area contributed by atoms with E-state index in [9.17, 15) is 4.79 Å². The molecule has 3 nitrogen and oxygen atoms in total. The molecule has 3 rings (SSSR count). The predicted molar refractivity (Wildman–Crippen MR) is 87.8 cm³/mol. The second-order valence-electron chi connectivity index (χ2n) is 6.07. The fourth-order valence-corrected chi connectivity index (χ4v) is 3.39. The highest BCUT2D eigenvalue weighted by Crippen LogP contribution is 2.34. The summed E-state index contributed by atoms with van der Waals surface area (Å²) in [6.07, 6.45) is 7.81. The predicted octanol–water partition coefficient (Wildman–Crippen LogP) is 3.88. The minimum absolute atomic E-state index is 0.102. The number of carbonyl (C=O) groups is 1. The average Bonchev–Trinajstić information content (AvgIpc) is 2.62. The van der Waals surface area contributed by atoms with Crippen LogP contribution in [0.25, 0.3) is 0 Å². The molecule has 1 aromatic heterocycles. The van der Waals surface area contributed by atoms with Gasteiger partial charge in [-0.05, 0) is 49.3 Å². The van der Waals surface area contributed by atoms with Crippen molar-refractivity contribution in [3.63, 3.8) is 0 Å². The Kier molecular flexibility index (Phi) is 4.52. The molecule has 0 atom stereocenters. The molecule has 1 amide bonds. The molecule has 2 aromatic rings. The first-order valence-corrected chi connectivity index (χ1v) is 7.98. The number of hydrogen-bond donors (Lipinski definition) is 0. The second-order valence-corrected chi connectivity index (χ2v) is 6.07. The summed E-state index contributed by atoms with van der Waals surface area (Å²) in [5.74, 6) is 0.743. The van der Waals surface area contributed by atoms with Crippen LogP contribution in [0.4, 0.5) is 0 Å². The highest BCUT2D eigenvalue weighted by Gasteiger charge is 2.27. The van der Waals surface area contributed by atoms with Crippen molar-refractivity contribution in [2.45, 2.75) is 37.6 Å². The van der Waals surface area contributed by atoms with E-state index in [2.05, 4.69) is 35.3 Å². The first-order chi connectivity index (χ1) is 10.8. The average molecular weight is 294 g/mol. The van der Waals surface area contributed by atoms with E-state index in [0.717, 1.165) is 31.2 Å². The van der Waals surface area contributed by atoms with Gasteiger partial charge in [0.25, 0.3) is 5.91 Å². The first kappa shape index (κ1) is 14.8. The van der Waals surface area contributed by atoms with Crippen molar-refractivity contribution in [1.29, 1.82) is 0 Å². The van der Waals surface area contributed by atoms with Gasteiger partial charge in [-0.3, -0.25) is 9.78 Å². The third-order valence-electron chi connectivity index (χ3n) is 4.76. The van der Waals surface area contributed by atoms with Gasteiger partial charge in [0.05, 0.1) is 0 Å². The van der Waals surface area contributed by atoms with Gasteiger partial charge in [0.15, 0.2) is 0 Å². The van der Waals surface area contributed by atoms with Crippen molar-refractivity contribution < 1.29 is 4.79 Å².